The maximum Gasteiger partial charge on any atom is 0.0411 e. The lowest BCUT2D eigenvalue weighted by molar-refractivity contribution is 0.245. The van der Waals surface area contributed by atoms with Gasteiger partial charge < -0.3 is 10.2 Å². The van der Waals surface area contributed by atoms with Crippen LogP contribution in [0.5, 0.6) is 0 Å². The third-order valence-electron chi connectivity index (χ3n) is 2.98. The Morgan fingerprint density at radius 1 is 1.29 bits per heavy atom. The summed E-state index contributed by atoms with van der Waals surface area (Å²) < 4.78 is 0. The van der Waals surface area contributed by atoms with Crippen LogP contribution in [0.4, 0.5) is 0 Å². The second-order valence-electron chi connectivity index (χ2n) is 4.34. The third-order valence-corrected chi connectivity index (χ3v) is 3.22. The highest BCUT2D eigenvalue weighted by Crippen LogP contribution is 2.12. The van der Waals surface area contributed by atoms with Gasteiger partial charge in [-0.15, -0.1) is 0 Å². The average molecular weight is 251 g/mol. The first-order valence-corrected chi connectivity index (χ1v) is 6.57. The summed E-state index contributed by atoms with van der Waals surface area (Å²) in [7, 11) is 0. The molecule has 2 rings (SSSR count). The number of nitrogens with one attached hydrogen (secondary N) is 1. The summed E-state index contributed by atoms with van der Waals surface area (Å²) in [5.74, 6) is 0. The van der Waals surface area contributed by atoms with Crippen LogP contribution < -0.4 is 5.32 Å². The fourth-order valence-corrected chi connectivity index (χ4v) is 2.22. The Morgan fingerprint density at radius 3 is 2.88 bits per heavy atom. The van der Waals surface area contributed by atoms with E-state index in [-0.39, 0.29) is 0 Å². The van der Waals surface area contributed by atoms with Crippen LogP contribution in [0.2, 0.25) is 5.02 Å². The normalized spacial score (nSPS) is 17.7. The number of halogens is 1. The molecule has 0 radical (unpaired) electrons. The minimum absolute atomic E-state index is 0.800. The first-order valence-electron chi connectivity index (χ1n) is 6.20. The van der Waals surface area contributed by atoms with E-state index in [1.165, 1.54) is 18.7 Å². The fourth-order valence-electron chi connectivity index (χ4n) is 2.02. The van der Waals surface area contributed by atoms with Gasteiger partial charge in [0.1, 0.15) is 0 Å². The van der Waals surface area contributed by atoms with Crippen LogP contribution in [0, 0.1) is 0 Å². The Labute approximate surface area is 108 Å². The lowest BCUT2D eigenvalue weighted by Gasteiger charge is -2.26. The number of rotatable bonds is 4. The largest absolute Gasteiger partial charge is 0.314 e. The predicted molar refractivity (Wildman–Crippen MR) is 74.4 cm³/mol. The molecule has 1 aromatic carbocycles. The maximum atomic E-state index is 5.93. The van der Waals surface area contributed by atoms with Crippen molar-refractivity contribution in [1.29, 1.82) is 0 Å². The van der Waals surface area contributed by atoms with Crippen LogP contribution in [0.15, 0.2) is 30.3 Å². The fraction of sp³-hybridized carbons (Fsp3) is 0.429. The number of nitrogens with zero attached hydrogens (tertiary/aromatic N) is 1. The quantitative estimate of drug-likeness (QED) is 0.884. The molecule has 1 aliphatic rings. The molecule has 1 aromatic rings. The Hall–Kier alpha value is -0.830. The highest BCUT2D eigenvalue weighted by Gasteiger charge is 2.06. The lowest BCUT2D eigenvalue weighted by atomic mass is 10.2. The number of hydrogen-bond acceptors (Lipinski definition) is 2. The molecule has 0 aliphatic carbocycles. The molecule has 1 saturated heterocycles. The van der Waals surface area contributed by atoms with Gasteiger partial charge in [-0.1, -0.05) is 35.9 Å². The van der Waals surface area contributed by atoms with E-state index in [4.69, 9.17) is 11.6 Å². The van der Waals surface area contributed by atoms with Crippen LogP contribution in [0.3, 0.4) is 0 Å². The number of benzene rings is 1. The van der Waals surface area contributed by atoms with E-state index in [1.54, 1.807) is 0 Å². The Bertz CT molecular complexity index is 370. The van der Waals surface area contributed by atoms with Crippen molar-refractivity contribution in [2.24, 2.45) is 0 Å². The second-order valence-corrected chi connectivity index (χ2v) is 4.77. The Kier molecular flexibility index (Phi) is 5.05. The lowest BCUT2D eigenvalue weighted by Crippen LogP contribution is -2.43. The molecule has 1 N–H and O–H groups in total. The van der Waals surface area contributed by atoms with Crippen LogP contribution in [-0.4, -0.2) is 37.6 Å². The molecule has 92 valence electrons. The second kappa shape index (κ2) is 6.80. The van der Waals surface area contributed by atoms with E-state index in [9.17, 15) is 0 Å². The highest BCUT2D eigenvalue weighted by atomic mass is 35.5. The zero-order valence-electron chi connectivity index (χ0n) is 10.0. The van der Waals surface area contributed by atoms with Crippen LogP contribution in [0.25, 0.3) is 6.08 Å². The Balaban J connectivity index is 1.74. The molecule has 1 fully saturated rings. The molecular weight excluding hydrogens is 232 g/mol. The molecular formula is C14H19ClN2. The predicted octanol–water partition coefficient (Wildman–Crippen LogP) is 2.65. The van der Waals surface area contributed by atoms with Crippen molar-refractivity contribution < 1.29 is 0 Å². The topological polar surface area (TPSA) is 15.3 Å². The molecule has 2 nitrogen and oxygen atoms in total. The molecule has 0 aromatic heterocycles. The first-order chi connectivity index (χ1) is 8.34. The molecule has 0 saturated carbocycles. The SMILES string of the molecule is Clc1cccc(/C=C/CCN2CCNCC2)c1. The van der Waals surface area contributed by atoms with Gasteiger partial charge in [-0.3, -0.25) is 0 Å². The van der Waals surface area contributed by atoms with Crippen molar-refractivity contribution in [2.75, 3.05) is 32.7 Å². The van der Waals surface area contributed by atoms with Gasteiger partial charge >= 0.3 is 0 Å². The van der Waals surface area contributed by atoms with E-state index < -0.39 is 0 Å². The average Bonchev–Trinajstić information content (AvgIpc) is 2.36. The molecule has 0 atom stereocenters. The van der Waals surface area contributed by atoms with Gasteiger partial charge in [0.15, 0.2) is 0 Å². The Morgan fingerprint density at radius 2 is 2.12 bits per heavy atom. The van der Waals surface area contributed by atoms with Crippen molar-refractivity contribution in [3.63, 3.8) is 0 Å². The van der Waals surface area contributed by atoms with Gasteiger partial charge in [0.05, 0.1) is 0 Å². The van der Waals surface area contributed by atoms with Gasteiger partial charge in [0, 0.05) is 37.7 Å². The highest BCUT2D eigenvalue weighted by molar-refractivity contribution is 6.30. The van der Waals surface area contributed by atoms with Gasteiger partial charge in [0.25, 0.3) is 0 Å². The summed E-state index contributed by atoms with van der Waals surface area (Å²) >= 11 is 5.93. The number of hydrogen-bond donors (Lipinski definition) is 1. The van der Waals surface area contributed by atoms with Crippen molar-refractivity contribution in [3.05, 3.63) is 40.9 Å². The van der Waals surface area contributed by atoms with E-state index in [0.29, 0.717) is 0 Å². The molecule has 0 amide bonds. The minimum Gasteiger partial charge on any atom is -0.314 e. The molecule has 3 heteroatoms. The standard InChI is InChI=1S/C14H19ClN2/c15-14-6-3-5-13(12-14)4-1-2-9-17-10-7-16-8-11-17/h1,3-6,12,16H,2,7-11H2/b4-1+. The first kappa shape index (κ1) is 12.6. The zero-order chi connectivity index (χ0) is 11.9. The van der Waals surface area contributed by atoms with Gasteiger partial charge in [-0.25, -0.2) is 0 Å². The van der Waals surface area contributed by atoms with E-state index in [1.807, 2.05) is 18.2 Å². The summed E-state index contributed by atoms with van der Waals surface area (Å²) in [5, 5.41) is 4.16. The zero-order valence-corrected chi connectivity index (χ0v) is 10.8. The third kappa shape index (κ3) is 4.50. The maximum absolute atomic E-state index is 5.93. The molecule has 0 bridgehead atoms. The molecule has 0 unspecified atom stereocenters. The number of piperazine rings is 1. The van der Waals surface area contributed by atoms with Crippen molar-refractivity contribution in [1.82, 2.24) is 10.2 Å². The summed E-state index contributed by atoms with van der Waals surface area (Å²) in [6.07, 6.45) is 5.48. The molecule has 17 heavy (non-hydrogen) atoms. The minimum atomic E-state index is 0.800. The van der Waals surface area contributed by atoms with Crippen LogP contribution in [-0.2, 0) is 0 Å². The summed E-state index contributed by atoms with van der Waals surface area (Å²) in [6.45, 7) is 5.74. The van der Waals surface area contributed by atoms with E-state index >= 15 is 0 Å². The molecule has 1 heterocycles. The summed E-state index contributed by atoms with van der Waals surface area (Å²) in [4.78, 5) is 2.50. The molecule has 1 aliphatic heterocycles. The van der Waals surface area contributed by atoms with Crippen LogP contribution in [0.1, 0.15) is 12.0 Å². The summed E-state index contributed by atoms with van der Waals surface area (Å²) in [5.41, 5.74) is 1.18. The van der Waals surface area contributed by atoms with Crippen molar-refractivity contribution in [3.8, 4) is 0 Å². The van der Waals surface area contributed by atoms with Gasteiger partial charge in [-0.2, -0.15) is 0 Å². The van der Waals surface area contributed by atoms with Crippen molar-refractivity contribution >= 4 is 17.7 Å². The van der Waals surface area contributed by atoms with Gasteiger partial charge in [-0.05, 0) is 24.1 Å². The van der Waals surface area contributed by atoms with E-state index in [0.717, 1.165) is 31.1 Å². The monoisotopic (exact) mass is 250 g/mol. The summed E-state index contributed by atoms with van der Waals surface area (Å²) in [6, 6.07) is 7.95. The van der Waals surface area contributed by atoms with Crippen LogP contribution >= 0.6 is 11.6 Å². The smallest absolute Gasteiger partial charge is 0.0411 e. The van der Waals surface area contributed by atoms with Crippen molar-refractivity contribution in [2.45, 2.75) is 6.42 Å². The van der Waals surface area contributed by atoms with E-state index in [2.05, 4.69) is 28.4 Å². The van der Waals surface area contributed by atoms with Gasteiger partial charge in [0.2, 0.25) is 0 Å². The molecule has 0 spiro atoms.